The molecule has 4 aliphatic heterocycles. The molecule has 0 saturated carbocycles. The molecule has 16 nitrogen and oxygen atoms in total. The Morgan fingerprint density at radius 3 is 1.47 bits per heavy atom. The van der Waals surface area contributed by atoms with Gasteiger partial charge in [-0.1, -0.05) is 36.1 Å². The van der Waals surface area contributed by atoms with Crippen LogP contribution >= 0.6 is 0 Å². The molecule has 2 aromatic heterocycles. The zero-order chi connectivity index (χ0) is 41.6. The highest BCUT2D eigenvalue weighted by Gasteiger charge is 2.41. The summed E-state index contributed by atoms with van der Waals surface area (Å²) in [6, 6.07) is 13.4. The molecular formula is C44H50N8O8. The maximum atomic E-state index is 13.8. The van der Waals surface area contributed by atoms with Crippen molar-refractivity contribution in [3.63, 3.8) is 0 Å². The molecule has 0 aliphatic carbocycles. The zero-order valence-corrected chi connectivity index (χ0v) is 33.3. The van der Waals surface area contributed by atoms with E-state index < -0.39 is 24.3 Å². The molecule has 0 bridgehead atoms. The number of benzene rings is 2. The fourth-order valence-corrected chi connectivity index (χ4v) is 9.09. The molecule has 4 aromatic rings. The summed E-state index contributed by atoms with van der Waals surface area (Å²) < 4.78 is 10.9. The lowest BCUT2D eigenvalue weighted by Gasteiger charge is -2.33. The first kappa shape index (κ1) is 40.6. The van der Waals surface area contributed by atoms with Crippen molar-refractivity contribution in [2.45, 2.75) is 75.5 Å². The molecule has 8 rings (SSSR count). The van der Waals surface area contributed by atoms with Crippen molar-refractivity contribution < 1.29 is 38.9 Å². The van der Waals surface area contributed by atoms with Crippen molar-refractivity contribution in [1.29, 1.82) is 0 Å². The number of hydrogen-bond donors (Lipinski definition) is 6. The molecule has 4 atom stereocenters. The van der Waals surface area contributed by atoms with Gasteiger partial charge in [-0.25, -0.2) is 19.6 Å². The Morgan fingerprint density at radius 2 is 1.07 bits per heavy atom. The SMILES string of the molecule is O=C(O)N[C@H](C(=O)N1CCC[C@H]1c1ncc(-c2cccc(C#Cc3cccc(-c4cnc([C@@H]5CCCN5C(=O)[C@@H](NC(=O)O)C5CCOCC5)[nH]4)c3)c2)[nH]1)C1CCOCC1. The zero-order valence-electron chi connectivity index (χ0n) is 33.3. The minimum absolute atomic E-state index is 0.125. The van der Waals surface area contributed by atoms with Crippen molar-refractivity contribution >= 4 is 24.0 Å². The first-order valence-electron chi connectivity index (χ1n) is 20.8. The van der Waals surface area contributed by atoms with Crippen LogP contribution in [0.15, 0.2) is 60.9 Å². The summed E-state index contributed by atoms with van der Waals surface area (Å²) in [5, 5.41) is 24.1. The predicted molar refractivity (Wildman–Crippen MR) is 218 cm³/mol. The number of nitrogens with zero attached hydrogens (tertiary/aromatic N) is 4. The third-order valence-corrected chi connectivity index (χ3v) is 12.2. The summed E-state index contributed by atoms with van der Waals surface area (Å²) in [7, 11) is 0. The summed E-state index contributed by atoms with van der Waals surface area (Å²) in [6.07, 6.45) is 6.60. The van der Waals surface area contributed by atoms with Gasteiger partial charge in [-0.15, -0.1) is 0 Å². The van der Waals surface area contributed by atoms with E-state index in [9.17, 15) is 29.4 Å². The number of amides is 4. The lowest BCUT2D eigenvalue weighted by atomic mass is 9.90. The molecule has 6 N–H and O–H groups in total. The van der Waals surface area contributed by atoms with E-state index in [0.29, 0.717) is 76.8 Å². The van der Waals surface area contributed by atoms with Gasteiger partial charge in [-0.2, -0.15) is 0 Å². The van der Waals surface area contributed by atoms with Gasteiger partial charge in [0.25, 0.3) is 0 Å². The number of carbonyl (C=O) groups excluding carboxylic acids is 2. The van der Waals surface area contributed by atoms with Gasteiger partial charge in [0, 0.05) is 61.8 Å². The number of rotatable bonds is 10. The Morgan fingerprint density at radius 1 is 0.650 bits per heavy atom. The Balaban J connectivity index is 0.940. The normalized spacial score (nSPS) is 20.9. The van der Waals surface area contributed by atoms with Crippen molar-refractivity contribution in [3.05, 3.63) is 83.7 Å². The Hall–Kier alpha value is -6.18. The molecule has 16 heteroatoms. The van der Waals surface area contributed by atoms with Crippen LogP contribution in [-0.2, 0) is 19.1 Å². The van der Waals surface area contributed by atoms with E-state index in [-0.39, 0.29) is 35.7 Å². The van der Waals surface area contributed by atoms with Gasteiger partial charge in [0.2, 0.25) is 11.8 Å². The number of hydrogen-bond acceptors (Lipinski definition) is 8. The highest BCUT2D eigenvalue weighted by Crippen LogP contribution is 2.35. The standard InChI is InChI=1S/C44H50N8O8/c53-41(37(49-43(55)56)29-13-19-59-20-14-29)51-17-3-9-35(51)39-45-25-33(47-39)31-7-1-5-27(23-31)11-12-28-6-2-8-32(24-28)34-26-46-40(48-34)36-10-4-18-52(36)42(54)38(50-44(57)58)30-15-21-60-22-16-30/h1-2,5-8,23-26,29-30,35-38,49-50H,3-4,9-10,13-22H2,(H,45,47)(H,46,48)(H,55,56)(H,57,58)/t35-,36-,37-,38-/m0/s1. The van der Waals surface area contributed by atoms with E-state index in [4.69, 9.17) is 9.47 Å². The van der Waals surface area contributed by atoms with E-state index in [1.165, 1.54) is 0 Å². The van der Waals surface area contributed by atoms with E-state index in [1.807, 2.05) is 48.5 Å². The van der Waals surface area contributed by atoms with Crippen LogP contribution in [0.3, 0.4) is 0 Å². The molecule has 0 spiro atoms. The molecular weight excluding hydrogens is 769 g/mol. The summed E-state index contributed by atoms with van der Waals surface area (Å²) in [5.41, 5.74) is 4.96. The van der Waals surface area contributed by atoms with Gasteiger partial charge < -0.3 is 50.1 Å². The molecule has 60 heavy (non-hydrogen) atoms. The number of likely N-dealkylation sites (tertiary alicyclic amines) is 2. The van der Waals surface area contributed by atoms with Crippen LogP contribution in [0, 0.1) is 23.7 Å². The predicted octanol–water partition coefficient (Wildman–Crippen LogP) is 5.32. The van der Waals surface area contributed by atoms with Crippen molar-refractivity contribution in [2.24, 2.45) is 11.8 Å². The van der Waals surface area contributed by atoms with Crippen LogP contribution < -0.4 is 10.6 Å². The summed E-state index contributed by atoms with van der Waals surface area (Å²) in [4.78, 5) is 70.8. The average molecular weight is 819 g/mol. The van der Waals surface area contributed by atoms with Gasteiger partial charge in [0.15, 0.2) is 0 Å². The molecule has 4 aliphatic rings. The smallest absolute Gasteiger partial charge is 0.405 e. The largest absolute Gasteiger partial charge is 0.465 e. The van der Waals surface area contributed by atoms with E-state index >= 15 is 0 Å². The third-order valence-electron chi connectivity index (χ3n) is 12.2. The molecule has 4 amide bonds. The van der Waals surface area contributed by atoms with E-state index in [1.54, 1.807) is 22.2 Å². The monoisotopic (exact) mass is 818 g/mol. The quantitative estimate of drug-likeness (QED) is 0.113. The van der Waals surface area contributed by atoms with E-state index in [2.05, 4.69) is 42.4 Å². The van der Waals surface area contributed by atoms with Crippen LogP contribution in [0.4, 0.5) is 9.59 Å². The fourth-order valence-electron chi connectivity index (χ4n) is 9.09. The van der Waals surface area contributed by atoms with Crippen LogP contribution in [0.5, 0.6) is 0 Å². The maximum absolute atomic E-state index is 13.8. The van der Waals surface area contributed by atoms with Crippen LogP contribution in [0.1, 0.15) is 86.2 Å². The van der Waals surface area contributed by atoms with E-state index in [0.717, 1.165) is 59.3 Å². The number of aromatic nitrogens is 4. The highest BCUT2D eigenvalue weighted by molar-refractivity contribution is 5.87. The lowest BCUT2D eigenvalue weighted by molar-refractivity contribution is -0.137. The molecule has 0 radical (unpaired) electrons. The van der Waals surface area contributed by atoms with Gasteiger partial charge >= 0.3 is 12.2 Å². The molecule has 4 saturated heterocycles. The minimum atomic E-state index is -1.21. The van der Waals surface area contributed by atoms with Gasteiger partial charge in [-0.3, -0.25) is 9.59 Å². The number of nitrogens with one attached hydrogen (secondary N) is 4. The van der Waals surface area contributed by atoms with Crippen LogP contribution in [-0.4, -0.2) is 116 Å². The fraction of sp³-hybridized carbons (Fsp3) is 0.455. The summed E-state index contributed by atoms with van der Waals surface area (Å²) in [5.74, 6) is 7.19. The topological polar surface area (TPSA) is 215 Å². The number of ether oxygens (including phenoxy) is 2. The van der Waals surface area contributed by atoms with Gasteiger partial charge in [0.1, 0.15) is 23.7 Å². The first-order valence-corrected chi connectivity index (χ1v) is 20.8. The number of carbonyl (C=O) groups is 4. The minimum Gasteiger partial charge on any atom is -0.465 e. The summed E-state index contributed by atoms with van der Waals surface area (Å²) >= 11 is 0. The molecule has 2 aromatic carbocycles. The highest BCUT2D eigenvalue weighted by atomic mass is 16.5. The molecule has 0 unspecified atom stereocenters. The number of H-pyrrole nitrogens is 2. The van der Waals surface area contributed by atoms with Crippen molar-refractivity contribution in [1.82, 2.24) is 40.4 Å². The number of imidazole rings is 2. The van der Waals surface area contributed by atoms with Crippen molar-refractivity contribution in [3.8, 4) is 34.4 Å². The second-order valence-corrected chi connectivity index (χ2v) is 15.9. The average Bonchev–Trinajstić information content (AvgIpc) is 4.12. The molecule has 6 heterocycles. The Bertz CT molecular complexity index is 2100. The van der Waals surface area contributed by atoms with Crippen LogP contribution in [0.25, 0.3) is 22.5 Å². The second kappa shape index (κ2) is 18.4. The Labute approximate surface area is 347 Å². The summed E-state index contributed by atoms with van der Waals surface area (Å²) in [6.45, 7) is 3.07. The maximum Gasteiger partial charge on any atom is 0.405 e. The number of carboxylic acid groups (broad SMARTS) is 2. The number of aromatic amines is 2. The third kappa shape index (κ3) is 9.17. The second-order valence-electron chi connectivity index (χ2n) is 15.9. The lowest BCUT2D eigenvalue weighted by Crippen LogP contribution is -2.52. The van der Waals surface area contributed by atoms with Crippen molar-refractivity contribution in [2.75, 3.05) is 39.5 Å². The van der Waals surface area contributed by atoms with Crippen LogP contribution in [0.2, 0.25) is 0 Å². The Kier molecular flexibility index (Phi) is 12.4. The molecule has 314 valence electrons. The van der Waals surface area contributed by atoms with Gasteiger partial charge in [-0.05, 0) is 87.5 Å². The molecule has 4 fully saturated rings. The van der Waals surface area contributed by atoms with Gasteiger partial charge in [0.05, 0.1) is 35.9 Å². The first-order chi connectivity index (χ1) is 29.2.